The molecular weight excluding hydrogens is 260 g/mol. The van der Waals surface area contributed by atoms with Crippen LogP contribution in [0.5, 0.6) is 0 Å². The molecule has 0 radical (unpaired) electrons. The Balaban J connectivity index is 1.77. The van der Waals surface area contributed by atoms with Gasteiger partial charge in [-0.15, -0.1) is 5.10 Å². The molecule has 1 amide bonds. The van der Waals surface area contributed by atoms with Crippen molar-refractivity contribution in [2.45, 2.75) is 38.9 Å². The van der Waals surface area contributed by atoms with E-state index in [2.05, 4.69) is 10.3 Å². The monoisotopic (exact) mass is 282 g/mol. The molecule has 7 heteroatoms. The fourth-order valence-corrected chi connectivity index (χ4v) is 2.23. The van der Waals surface area contributed by atoms with E-state index in [1.165, 1.54) is 0 Å². The van der Waals surface area contributed by atoms with Crippen molar-refractivity contribution < 1.29 is 14.6 Å². The van der Waals surface area contributed by atoms with Gasteiger partial charge in [0.15, 0.2) is 0 Å². The molecule has 2 heterocycles. The summed E-state index contributed by atoms with van der Waals surface area (Å²) in [5.41, 5.74) is 0.225. The van der Waals surface area contributed by atoms with Crippen LogP contribution in [0.2, 0.25) is 0 Å². The molecule has 0 bridgehead atoms. The first-order chi connectivity index (χ1) is 9.26. The van der Waals surface area contributed by atoms with Gasteiger partial charge in [0.25, 0.3) is 0 Å². The van der Waals surface area contributed by atoms with Crippen molar-refractivity contribution >= 4 is 6.09 Å². The van der Waals surface area contributed by atoms with Crippen LogP contribution in [-0.4, -0.2) is 49.8 Å². The molecule has 112 valence electrons. The van der Waals surface area contributed by atoms with Crippen LogP contribution < -0.4 is 0 Å². The van der Waals surface area contributed by atoms with E-state index in [9.17, 15) is 9.90 Å². The Morgan fingerprint density at radius 3 is 2.70 bits per heavy atom. The highest BCUT2D eigenvalue weighted by Gasteiger charge is 2.35. The molecular formula is C13H22N4O3. The highest BCUT2D eigenvalue weighted by Crippen LogP contribution is 2.28. The summed E-state index contributed by atoms with van der Waals surface area (Å²) in [7, 11) is 1.75. The van der Waals surface area contributed by atoms with Gasteiger partial charge < -0.3 is 14.7 Å². The van der Waals surface area contributed by atoms with E-state index < -0.39 is 11.7 Å². The van der Waals surface area contributed by atoms with Crippen molar-refractivity contribution in [1.82, 2.24) is 19.9 Å². The second-order valence-corrected chi connectivity index (χ2v) is 6.29. The second-order valence-electron chi connectivity index (χ2n) is 6.29. The minimum absolute atomic E-state index is 0.285. The third-order valence-corrected chi connectivity index (χ3v) is 3.26. The first-order valence-corrected chi connectivity index (χ1v) is 6.77. The number of hydrogen-bond donors (Lipinski definition) is 1. The molecule has 1 N–H and O–H groups in total. The number of amides is 1. The van der Waals surface area contributed by atoms with Gasteiger partial charge in [0.2, 0.25) is 0 Å². The molecule has 1 saturated heterocycles. The number of hydrogen-bond acceptors (Lipinski definition) is 5. The Kier molecular flexibility index (Phi) is 3.99. The average molecular weight is 282 g/mol. The van der Waals surface area contributed by atoms with Crippen LogP contribution in [0, 0.1) is 5.92 Å². The zero-order valence-corrected chi connectivity index (χ0v) is 12.4. The van der Waals surface area contributed by atoms with Gasteiger partial charge in [-0.1, -0.05) is 5.21 Å². The molecule has 0 spiro atoms. The largest absolute Gasteiger partial charge is 0.444 e. The normalized spacial score (nSPS) is 17.8. The number of aromatic nitrogens is 3. The Morgan fingerprint density at radius 1 is 1.55 bits per heavy atom. The van der Waals surface area contributed by atoms with Gasteiger partial charge in [-0.2, -0.15) is 0 Å². The molecule has 1 aliphatic rings. The highest BCUT2D eigenvalue weighted by molar-refractivity contribution is 5.69. The predicted octanol–water partition coefficient (Wildman–Crippen LogP) is 1.11. The summed E-state index contributed by atoms with van der Waals surface area (Å²) in [6.07, 6.45) is 1.28. The van der Waals surface area contributed by atoms with E-state index in [-0.39, 0.29) is 12.0 Å². The minimum atomic E-state index is -0.596. The molecule has 20 heavy (non-hydrogen) atoms. The Hall–Kier alpha value is -1.63. The van der Waals surface area contributed by atoms with E-state index in [4.69, 9.17) is 4.74 Å². The predicted molar refractivity (Wildman–Crippen MR) is 71.9 cm³/mol. The average Bonchev–Trinajstić information content (AvgIpc) is 2.66. The van der Waals surface area contributed by atoms with E-state index in [1.807, 2.05) is 20.8 Å². The molecule has 0 saturated carbocycles. The van der Waals surface area contributed by atoms with Crippen LogP contribution >= 0.6 is 0 Å². The standard InChI is InChI=1S/C13H22N4O3/c1-13(2,3)20-12(19)17-7-9(8-17)5-11(18)10-6-14-15-16(10)4/h6,9,11,18H,5,7-8H2,1-4H3. The SMILES string of the molecule is Cn1nncc1C(O)CC1CN(C(=O)OC(C)(C)C)C1. The Morgan fingerprint density at radius 2 is 2.20 bits per heavy atom. The van der Waals surface area contributed by atoms with E-state index in [1.54, 1.807) is 22.8 Å². The maximum atomic E-state index is 11.8. The van der Waals surface area contributed by atoms with Crippen LogP contribution in [0.3, 0.4) is 0 Å². The molecule has 0 aromatic carbocycles. The fraction of sp³-hybridized carbons (Fsp3) is 0.769. The first-order valence-electron chi connectivity index (χ1n) is 6.77. The number of aliphatic hydroxyl groups is 1. The van der Waals surface area contributed by atoms with Gasteiger partial charge in [0, 0.05) is 20.1 Å². The fourth-order valence-electron chi connectivity index (χ4n) is 2.23. The van der Waals surface area contributed by atoms with Crippen molar-refractivity contribution in [1.29, 1.82) is 0 Å². The lowest BCUT2D eigenvalue weighted by Gasteiger charge is -2.40. The molecule has 2 rings (SSSR count). The van der Waals surface area contributed by atoms with Crippen LogP contribution in [-0.2, 0) is 11.8 Å². The minimum Gasteiger partial charge on any atom is -0.444 e. The molecule has 0 aliphatic carbocycles. The molecule has 1 unspecified atom stereocenters. The molecule has 1 fully saturated rings. The number of nitrogens with zero attached hydrogens (tertiary/aromatic N) is 4. The number of rotatable bonds is 3. The van der Waals surface area contributed by atoms with Crippen LogP contribution in [0.4, 0.5) is 4.79 Å². The van der Waals surface area contributed by atoms with Crippen molar-refractivity contribution in [3.8, 4) is 0 Å². The van der Waals surface area contributed by atoms with Gasteiger partial charge in [0.1, 0.15) is 5.60 Å². The molecule has 1 aromatic rings. The van der Waals surface area contributed by atoms with E-state index in [0.29, 0.717) is 25.2 Å². The third-order valence-electron chi connectivity index (χ3n) is 3.26. The molecule has 7 nitrogen and oxygen atoms in total. The van der Waals surface area contributed by atoms with Gasteiger partial charge in [0.05, 0.1) is 18.0 Å². The number of ether oxygens (including phenoxy) is 1. The second kappa shape index (κ2) is 5.40. The maximum Gasteiger partial charge on any atom is 0.410 e. The van der Waals surface area contributed by atoms with Gasteiger partial charge in [-0.25, -0.2) is 9.48 Å². The number of likely N-dealkylation sites (tertiary alicyclic amines) is 1. The lowest BCUT2D eigenvalue weighted by Crippen LogP contribution is -2.51. The quantitative estimate of drug-likeness (QED) is 0.898. The van der Waals surface area contributed by atoms with Crippen molar-refractivity contribution in [3.63, 3.8) is 0 Å². The van der Waals surface area contributed by atoms with Crippen LogP contribution in [0.1, 0.15) is 39.0 Å². The zero-order chi connectivity index (χ0) is 14.9. The van der Waals surface area contributed by atoms with E-state index in [0.717, 1.165) is 0 Å². The topological polar surface area (TPSA) is 80.5 Å². The summed E-state index contributed by atoms with van der Waals surface area (Å²) < 4.78 is 6.85. The molecule has 1 aliphatic heterocycles. The maximum absolute atomic E-state index is 11.8. The van der Waals surface area contributed by atoms with Crippen LogP contribution in [0.15, 0.2) is 6.20 Å². The summed E-state index contributed by atoms with van der Waals surface area (Å²) in [5, 5.41) is 17.6. The number of carbonyl (C=O) groups is 1. The zero-order valence-electron chi connectivity index (χ0n) is 12.4. The van der Waals surface area contributed by atoms with Gasteiger partial charge >= 0.3 is 6.09 Å². The lowest BCUT2D eigenvalue weighted by atomic mass is 9.93. The van der Waals surface area contributed by atoms with Gasteiger partial charge in [-0.3, -0.25) is 0 Å². The molecule has 1 atom stereocenters. The summed E-state index contributed by atoms with van der Waals surface area (Å²) in [6, 6.07) is 0. The first kappa shape index (κ1) is 14.8. The number of aliphatic hydroxyl groups excluding tert-OH is 1. The summed E-state index contributed by atoms with van der Waals surface area (Å²) in [6.45, 7) is 6.79. The third kappa shape index (κ3) is 3.47. The lowest BCUT2D eigenvalue weighted by molar-refractivity contribution is -0.0103. The van der Waals surface area contributed by atoms with Crippen molar-refractivity contribution in [2.24, 2.45) is 13.0 Å². The van der Waals surface area contributed by atoms with Crippen molar-refractivity contribution in [2.75, 3.05) is 13.1 Å². The number of aryl methyl sites for hydroxylation is 1. The van der Waals surface area contributed by atoms with Crippen LogP contribution in [0.25, 0.3) is 0 Å². The highest BCUT2D eigenvalue weighted by atomic mass is 16.6. The number of carbonyl (C=O) groups excluding carboxylic acids is 1. The Labute approximate surface area is 118 Å². The summed E-state index contributed by atoms with van der Waals surface area (Å²) in [4.78, 5) is 13.4. The molecule has 1 aromatic heterocycles. The van der Waals surface area contributed by atoms with E-state index >= 15 is 0 Å². The van der Waals surface area contributed by atoms with Crippen molar-refractivity contribution in [3.05, 3.63) is 11.9 Å². The summed E-state index contributed by atoms with van der Waals surface area (Å²) in [5.74, 6) is 0.285. The summed E-state index contributed by atoms with van der Waals surface area (Å²) >= 11 is 0. The smallest absolute Gasteiger partial charge is 0.410 e. The van der Waals surface area contributed by atoms with Gasteiger partial charge in [-0.05, 0) is 33.1 Å². The Bertz CT molecular complexity index is 474.